The van der Waals surface area contributed by atoms with Crippen LogP contribution in [0.15, 0.2) is 34.3 Å². The van der Waals surface area contributed by atoms with Crippen molar-refractivity contribution >= 4 is 0 Å². The fraction of sp³-hybridized carbons (Fsp3) is 0.167. The molecule has 50 valence electrons. The minimum atomic E-state index is -0.407. The number of rotatable bonds is 0. The minimum Gasteiger partial charge on any atom is -0.417 e. The highest BCUT2D eigenvalue weighted by Crippen LogP contribution is 1.62. The first kappa shape index (κ1) is 7.75. The van der Waals surface area contributed by atoms with Crippen molar-refractivity contribution < 1.29 is 4.42 Å². The lowest BCUT2D eigenvalue weighted by Gasteiger charge is -1.51. The van der Waals surface area contributed by atoms with E-state index in [4.69, 9.17) is 0 Å². The van der Waals surface area contributed by atoms with Crippen molar-refractivity contribution in [2.45, 2.75) is 6.92 Å². The molecule has 3 heteroatoms. The van der Waals surface area contributed by atoms with E-state index < -0.39 is 5.76 Å². The second kappa shape index (κ2) is 4.90. The van der Waals surface area contributed by atoms with Gasteiger partial charge in [0.15, 0.2) is 0 Å². The van der Waals surface area contributed by atoms with Gasteiger partial charge in [-0.2, -0.15) is 0 Å². The smallest absolute Gasteiger partial charge is 0.416 e. The third-order valence-corrected chi connectivity index (χ3v) is 0.444. The van der Waals surface area contributed by atoms with E-state index in [0.29, 0.717) is 0 Å². The molecule has 1 rings (SSSR count). The fourth-order valence-corrected chi connectivity index (χ4v) is 0.232. The highest BCUT2D eigenvalue weighted by atomic mass is 16.4. The normalized spacial score (nSPS) is 7.22. The molecule has 0 fully saturated rings. The number of nitrogens with one attached hydrogen (secondary N) is 1. The van der Waals surface area contributed by atoms with E-state index in [-0.39, 0.29) is 0 Å². The van der Waals surface area contributed by atoms with Crippen LogP contribution in [0.25, 0.3) is 0 Å². The second-order valence-electron chi connectivity index (χ2n) is 1.26. The molecule has 0 aromatic carbocycles. The van der Waals surface area contributed by atoms with Crippen molar-refractivity contribution in [2.24, 2.45) is 0 Å². The average molecular weight is 127 g/mol. The lowest BCUT2D eigenvalue weighted by Crippen LogP contribution is -1.91. The van der Waals surface area contributed by atoms with Gasteiger partial charge in [0, 0.05) is 6.20 Å². The Morgan fingerprint density at radius 2 is 2.44 bits per heavy atom. The largest absolute Gasteiger partial charge is 0.417 e. The van der Waals surface area contributed by atoms with E-state index in [1.807, 2.05) is 6.92 Å². The monoisotopic (exact) mass is 127 g/mol. The molecule has 0 aliphatic rings. The summed E-state index contributed by atoms with van der Waals surface area (Å²) >= 11 is 0. The van der Waals surface area contributed by atoms with Crippen molar-refractivity contribution in [2.75, 3.05) is 0 Å². The van der Waals surface area contributed by atoms with Crippen LogP contribution in [0.5, 0.6) is 0 Å². The predicted molar refractivity (Wildman–Crippen MR) is 35.2 cm³/mol. The third kappa shape index (κ3) is 4.61. The molecule has 0 saturated carbocycles. The van der Waals surface area contributed by atoms with Gasteiger partial charge in [0.2, 0.25) is 0 Å². The number of H-pyrrole nitrogens is 1. The summed E-state index contributed by atoms with van der Waals surface area (Å²) in [5.41, 5.74) is 0. The maximum Gasteiger partial charge on any atom is 0.416 e. The van der Waals surface area contributed by atoms with Crippen molar-refractivity contribution in [1.29, 1.82) is 0 Å². The summed E-state index contributed by atoms with van der Waals surface area (Å²) in [4.78, 5) is 12.1. The first-order valence-corrected chi connectivity index (χ1v) is 2.50. The first-order valence-electron chi connectivity index (χ1n) is 2.50. The number of hydrogen-bond donors (Lipinski definition) is 1. The lowest BCUT2D eigenvalue weighted by atomic mass is 10.8. The lowest BCUT2D eigenvalue weighted by molar-refractivity contribution is 0.515. The molecule has 0 spiro atoms. The molecular weight excluding hydrogens is 118 g/mol. The summed E-state index contributed by atoms with van der Waals surface area (Å²) in [6.45, 7) is 5.25. The molecule has 3 nitrogen and oxygen atoms in total. The van der Waals surface area contributed by atoms with Gasteiger partial charge in [-0.3, -0.25) is 4.98 Å². The van der Waals surface area contributed by atoms with Gasteiger partial charge >= 0.3 is 5.76 Å². The zero-order valence-corrected chi connectivity index (χ0v) is 5.26. The first-order chi connectivity index (χ1) is 4.31. The van der Waals surface area contributed by atoms with Gasteiger partial charge in [-0.1, -0.05) is 6.08 Å². The van der Waals surface area contributed by atoms with Crippen LogP contribution in [0.2, 0.25) is 0 Å². The zero-order chi connectivity index (χ0) is 7.11. The Morgan fingerprint density at radius 3 is 2.56 bits per heavy atom. The Bertz CT molecular complexity index is 182. The molecular formula is C6H9NO2. The zero-order valence-electron chi connectivity index (χ0n) is 5.26. The van der Waals surface area contributed by atoms with Crippen LogP contribution in [-0.4, -0.2) is 4.98 Å². The van der Waals surface area contributed by atoms with E-state index in [0.717, 1.165) is 0 Å². The Balaban J connectivity index is 0.000000187. The molecule has 0 atom stereocenters. The summed E-state index contributed by atoms with van der Waals surface area (Å²) < 4.78 is 4.22. The number of aromatic amines is 1. The van der Waals surface area contributed by atoms with E-state index in [9.17, 15) is 4.79 Å². The Labute approximate surface area is 53.0 Å². The maximum absolute atomic E-state index is 9.85. The summed E-state index contributed by atoms with van der Waals surface area (Å²) in [6.07, 6.45) is 4.48. The van der Waals surface area contributed by atoms with Crippen LogP contribution in [0.1, 0.15) is 6.92 Å². The van der Waals surface area contributed by atoms with E-state index in [1.165, 1.54) is 12.5 Å². The van der Waals surface area contributed by atoms with Crippen LogP contribution in [0.4, 0.5) is 0 Å². The minimum absolute atomic E-state index is 0.407. The van der Waals surface area contributed by atoms with E-state index in [2.05, 4.69) is 16.0 Å². The average Bonchev–Trinajstić information content (AvgIpc) is 2.20. The van der Waals surface area contributed by atoms with Crippen molar-refractivity contribution in [3.8, 4) is 0 Å². The summed E-state index contributed by atoms with van der Waals surface area (Å²) in [7, 11) is 0. The summed E-state index contributed by atoms with van der Waals surface area (Å²) in [5.74, 6) is -0.407. The van der Waals surface area contributed by atoms with Gasteiger partial charge in [0.05, 0.1) is 0 Å². The van der Waals surface area contributed by atoms with E-state index >= 15 is 0 Å². The molecule has 0 aliphatic carbocycles. The van der Waals surface area contributed by atoms with Crippen LogP contribution in [0.3, 0.4) is 0 Å². The molecule has 0 aliphatic heterocycles. The molecule has 0 amide bonds. The van der Waals surface area contributed by atoms with Gasteiger partial charge in [-0.25, -0.2) is 4.79 Å². The van der Waals surface area contributed by atoms with E-state index in [1.54, 1.807) is 6.08 Å². The molecule has 0 radical (unpaired) electrons. The quantitative estimate of drug-likeness (QED) is 0.531. The summed E-state index contributed by atoms with van der Waals surface area (Å²) in [6, 6.07) is 0. The van der Waals surface area contributed by atoms with Gasteiger partial charge in [-0.05, 0) is 6.92 Å². The van der Waals surface area contributed by atoms with Crippen molar-refractivity contribution in [3.05, 3.63) is 35.7 Å². The SMILES string of the molecule is C=CC.O=c1[nH]cco1. The Kier molecular flexibility index (Phi) is 4.22. The second-order valence-corrected chi connectivity index (χ2v) is 1.26. The topological polar surface area (TPSA) is 46.0 Å². The number of aromatic nitrogens is 1. The number of hydrogen-bond acceptors (Lipinski definition) is 2. The molecule has 1 aromatic heterocycles. The molecule has 0 bridgehead atoms. The molecule has 0 saturated heterocycles. The van der Waals surface area contributed by atoms with Crippen LogP contribution in [0, 0.1) is 0 Å². The molecule has 1 heterocycles. The van der Waals surface area contributed by atoms with Gasteiger partial charge in [0.1, 0.15) is 6.26 Å². The number of allylic oxidation sites excluding steroid dienone is 1. The van der Waals surface area contributed by atoms with Crippen molar-refractivity contribution in [1.82, 2.24) is 4.98 Å². The highest BCUT2D eigenvalue weighted by molar-refractivity contribution is 4.58. The molecule has 1 N–H and O–H groups in total. The fourth-order valence-electron chi connectivity index (χ4n) is 0.232. The predicted octanol–water partition coefficient (Wildman–Crippen LogP) is 1.16. The summed E-state index contributed by atoms with van der Waals surface area (Å²) in [5, 5.41) is 0. The van der Waals surface area contributed by atoms with Crippen LogP contribution < -0.4 is 5.76 Å². The molecule has 0 unspecified atom stereocenters. The Hall–Kier alpha value is -1.25. The number of oxazole rings is 1. The standard InChI is InChI=1S/C3H3NO2.C3H6/c5-3-4-1-2-6-3;1-3-2/h1-2H,(H,4,5);3H,1H2,2H3. The third-order valence-electron chi connectivity index (χ3n) is 0.444. The van der Waals surface area contributed by atoms with Gasteiger partial charge in [0.25, 0.3) is 0 Å². The van der Waals surface area contributed by atoms with Crippen LogP contribution in [-0.2, 0) is 0 Å². The highest BCUT2D eigenvalue weighted by Gasteiger charge is 1.72. The molecule has 9 heavy (non-hydrogen) atoms. The van der Waals surface area contributed by atoms with Crippen molar-refractivity contribution in [3.63, 3.8) is 0 Å². The Morgan fingerprint density at radius 1 is 1.89 bits per heavy atom. The van der Waals surface area contributed by atoms with Gasteiger partial charge < -0.3 is 4.42 Å². The van der Waals surface area contributed by atoms with Gasteiger partial charge in [-0.15, -0.1) is 6.58 Å². The van der Waals surface area contributed by atoms with Crippen LogP contribution >= 0.6 is 0 Å². The molecule has 1 aromatic rings. The maximum atomic E-state index is 9.85.